The van der Waals surface area contributed by atoms with Crippen LogP contribution in [0, 0.1) is 0 Å². The summed E-state index contributed by atoms with van der Waals surface area (Å²) in [7, 11) is 0. The van der Waals surface area contributed by atoms with Crippen LogP contribution in [0.4, 0.5) is 0 Å². The molecule has 36 heavy (non-hydrogen) atoms. The number of unbranched alkanes of at least 4 members (excludes halogenated alkanes) is 1. The van der Waals surface area contributed by atoms with E-state index >= 15 is 0 Å². The van der Waals surface area contributed by atoms with Gasteiger partial charge < -0.3 is 0 Å². The van der Waals surface area contributed by atoms with Gasteiger partial charge in [0, 0.05) is 0 Å². The van der Waals surface area contributed by atoms with Crippen molar-refractivity contribution in [2.24, 2.45) is 0 Å². The smallest absolute Gasteiger partial charge is 0.0261 e. The molecule has 0 saturated heterocycles. The van der Waals surface area contributed by atoms with E-state index in [2.05, 4.69) is 103 Å². The van der Waals surface area contributed by atoms with Crippen molar-refractivity contribution in [1.82, 2.24) is 0 Å². The number of benzene rings is 1. The van der Waals surface area contributed by atoms with Gasteiger partial charge in [-0.25, -0.2) is 0 Å². The maximum Gasteiger partial charge on any atom is -0.0261 e. The van der Waals surface area contributed by atoms with Gasteiger partial charge in [-0.1, -0.05) is 153 Å². The third kappa shape index (κ3) is 53.2. The van der Waals surface area contributed by atoms with Crippen molar-refractivity contribution in [2.45, 2.75) is 122 Å². The summed E-state index contributed by atoms with van der Waals surface area (Å²) in [6.45, 7) is 41.2. The second-order valence-corrected chi connectivity index (χ2v) is 7.39. The monoisotopic (exact) mass is 499 g/mol. The van der Waals surface area contributed by atoms with Gasteiger partial charge >= 0.3 is 0 Å². The highest BCUT2D eigenvalue weighted by atomic mass is 13.9. The lowest BCUT2D eigenvalue weighted by Crippen LogP contribution is -1.81. The Labute approximate surface area is 230 Å². The van der Waals surface area contributed by atoms with Crippen molar-refractivity contribution in [3.63, 3.8) is 0 Å². The molecule has 0 N–H and O–H groups in total. The molecule has 0 aliphatic heterocycles. The van der Waals surface area contributed by atoms with E-state index in [0.29, 0.717) is 0 Å². The fraction of sp³-hybridized carbons (Fsp3) is 0.500. The van der Waals surface area contributed by atoms with Gasteiger partial charge in [-0.2, -0.15) is 0 Å². The third-order valence-corrected chi connectivity index (χ3v) is 3.78. The van der Waals surface area contributed by atoms with Crippen LogP contribution < -0.4 is 0 Å². The molecular weight excluding hydrogens is 432 g/mol. The molecule has 0 nitrogen and oxygen atoms in total. The molecule has 0 amide bonds. The Balaban J connectivity index is -0.0000000841. The van der Waals surface area contributed by atoms with Gasteiger partial charge in [0.15, 0.2) is 0 Å². The van der Waals surface area contributed by atoms with E-state index < -0.39 is 0 Å². The van der Waals surface area contributed by atoms with Crippen LogP contribution in [-0.4, -0.2) is 0 Å². The maximum absolute atomic E-state index is 3.91. The molecule has 0 aliphatic rings. The molecule has 1 rings (SSSR count). The van der Waals surface area contributed by atoms with Crippen molar-refractivity contribution >= 4 is 0 Å². The lowest BCUT2D eigenvalue weighted by molar-refractivity contribution is 0.795. The Morgan fingerprint density at radius 1 is 0.750 bits per heavy atom. The SMILES string of the molecule is C=C(C)CC.C=C/C(C=C(C)C)=C/C(=C)CC.C=CC.CC.CC.CC.CCCCc1ccccc1. The zero-order valence-electron chi connectivity index (χ0n) is 27.1. The van der Waals surface area contributed by atoms with E-state index in [1.165, 1.54) is 36.0 Å². The van der Waals surface area contributed by atoms with Gasteiger partial charge in [-0.15, -0.1) is 13.2 Å². The largest absolute Gasteiger partial charge is 0.103 e. The van der Waals surface area contributed by atoms with Crippen LogP contribution in [0.5, 0.6) is 0 Å². The third-order valence-electron chi connectivity index (χ3n) is 3.78. The van der Waals surface area contributed by atoms with E-state index in [4.69, 9.17) is 0 Å². The van der Waals surface area contributed by atoms with Crippen molar-refractivity contribution in [1.29, 1.82) is 0 Å². The fourth-order valence-corrected chi connectivity index (χ4v) is 1.86. The summed E-state index contributed by atoms with van der Waals surface area (Å²) in [6.07, 6.45) is 13.7. The van der Waals surface area contributed by atoms with Crippen LogP contribution in [-0.2, 0) is 6.42 Å². The van der Waals surface area contributed by atoms with Crippen LogP contribution in [0.1, 0.15) is 121 Å². The Hall–Kier alpha value is -2.34. The van der Waals surface area contributed by atoms with E-state index in [9.17, 15) is 0 Å². The summed E-state index contributed by atoms with van der Waals surface area (Å²) in [4.78, 5) is 0. The van der Waals surface area contributed by atoms with E-state index in [0.717, 1.165) is 24.0 Å². The number of rotatable bonds is 8. The first-order valence-corrected chi connectivity index (χ1v) is 14.1. The lowest BCUT2D eigenvalue weighted by Gasteiger charge is -1.97. The van der Waals surface area contributed by atoms with E-state index in [1.807, 2.05) is 61.5 Å². The lowest BCUT2D eigenvalue weighted by atomic mass is 10.1. The van der Waals surface area contributed by atoms with Crippen LogP contribution in [0.3, 0.4) is 0 Å². The zero-order chi connectivity index (χ0) is 29.8. The first kappa shape index (κ1) is 46.9. The standard InChI is InChI=1S/C12H18.C10H14.C5H10.C3H6.3C2H6/c1-6-11(5)9-12(7-2)8-10(3)4;1-2-3-7-10-8-5-4-6-9-10;1-4-5(2)3;1-3-2;3*1-2/h7-9H,2,5-6H2,1,3-4H3;4-6,8-9H,2-3,7H2,1H3;2,4H2,1,3H3;3H,1H2,2H3;3*1-2H3/b12-9-;;;;;;. The Kier molecular flexibility index (Phi) is 60.0. The highest BCUT2D eigenvalue weighted by molar-refractivity contribution is 5.36. The molecule has 0 fully saturated rings. The fourth-order valence-electron chi connectivity index (χ4n) is 1.86. The van der Waals surface area contributed by atoms with Crippen LogP contribution in [0.25, 0.3) is 0 Å². The quantitative estimate of drug-likeness (QED) is 0.247. The molecule has 0 heteroatoms. The van der Waals surface area contributed by atoms with Crippen LogP contribution >= 0.6 is 0 Å². The maximum atomic E-state index is 3.91. The number of hydrogen-bond acceptors (Lipinski definition) is 0. The van der Waals surface area contributed by atoms with Crippen LogP contribution in [0.15, 0.2) is 103 Å². The Morgan fingerprint density at radius 2 is 1.17 bits per heavy atom. The van der Waals surface area contributed by atoms with Crippen molar-refractivity contribution in [3.05, 3.63) is 109 Å². The molecule has 0 radical (unpaired) electrons. The molecule has 0 atom stereocenters. The minimum absolute atomic E-state index is 0.994. The summed E-state index contributed by atoms with van der Waals surface area (Å²) in [5.41, 5.74) is 6.28. The molecule has 0 spiro atoms. The average Bonchev–Trinajstić information content (AvgIpc) is 2.91. The first-order valence-electron chi connectivity index (χ1n) is 14.1. The molecular formula is C36H66. The zero-order valence-corrected chi connectivity index (χ0v) is 27.1. The summed E-state index contributed by atoms with van der Waals surface area (Å²) < 4.78 is 0. The Bertz CT molecular complexity index is 619. The summed E-state index contributed by atoms with van der Waals surface area (Å²) in [6, 6.07) is 10.6. The van der Waals surface area contributed by atoms with Gasteiger partial charge in [-0.05, 0) is 64.5 Å². The molecule has 1 aromatic rings. The second kappa shape index (κ2) is 46.1. The molecule has 210 valence electrons. The Morgan fingerprint density at radius 3 is 1.44 bits per heavy atom. The molecule has 0 bridgehead atoms. The average molecular weight is 499 g/mol. The van der Waals surface area contributed by atoms with Gasteiger partial charge in [0.05, 0.1) is 0 Å². The number of allylic oxidation sites excluding steroid dienone is 8. The molecule has 0 saturated carbocycles. The van der Waals surface area contributed by atoms with E-state index in [1.54, 1.807) is 6.08 Å². The van der Waals surface area contributed by atoms with Gasteiger partial charge in [0.25, 0.3) is 0 Å². The first-order chi connectivity index (χ1) is 17.2. The van der Waals surface area contributed by atoms with Gasteiger partial charge in [0.1, 0.15) is 0 Å². The van der Waals surface area contributed by atoms with Gasteiger partial charge in [0.2, 0.25) is 0 Å². The minimum atomic E-state index is 0.994. The van der Waals surface area contributed by atoms with Crippen molar-refractivity contribution < 1.29 is 0 Å². The number of aryl methyl sites for hydroxylation is 1. The predicted molar refractivity (Wildman–Crippen MR) is 177 cm³/mol. The van der Waals surface area contributed by atoms with Gasteiger partial charge in [-0.3, -0.25) is 0 Å². The summed E-state index contributed by atoms with van der Waals surface area (Å²) in [5, 5.41) is 0. The van der Waals surface area contributed by atoms with Crippen molar-refractivity contribution in [2.75, 3.05) is 0 Å². The highest BCUT2D eigenvalue weighted by Crippen LogP contribution is 2.08. The molecule has 1 aromatic carbocycles. The molecule has 0 heterocycles. The number of hydrogen-bond donors (Lipinski definition) is 0. The van der Waals surface area contributed by atoms with Crippen LogP contribution in [0.2, 0.25) is 0 Å². The normalized spacial score (nSPS) is 8.19. The summed E-state index contributed by atoms with van der Waals surface area (Å²) >= 11 is 0. The topological polar surface area (TPSA) is 0 Å². The second-order valence-electron chi connectivity index (χ2n) is 7.39. The van der Waals surface area contributed by atoms with Crippen molar-refractivity contribution in [3.8, 4) is 0 Å². The predicted octanol–water partition coefficient (Wildman–Crippen LogP) is 13.3. The van der Waals surface area contributed by atoms with E-state index in [-0.39, 0.29) is 0 Å². The molecule has 0 aromatic heterocycles. The summed E-state index contributed by atoms with van der Waals surface area (Å²) in [5.74, 6) is 0. The minimum Gasteiger partial charge on any atom is -0.103 e. The molecule has 0 aliphatic carbocycles. The highest BCUT2D eigenvalue weighted by Gasteiger charge is 1.88. The molecule has 0 unspecified atom stereocenters.